The van der Waals surface area contributed by atoms with Crippen LogP contribution in [0.15, 0.2) is 60.7 Å². The Morgan fingerprint density at radius 3 is 2.20 bits per heavy atom. The Labute approximate surface area is 117 Å². The quantitative estimate of drug-likeness (QED) is 0.850. The summed E-state index contributed by atoms with van der Waals surface area (Å²) in [7, 11) is 0. The summed E-state index contributed by atoms with van der Waals surface area (Å²) in [4.78, 5) is 11.4. The lowest BCUT2D eigenvalue weighted by Crippen LogP contribution is -2.13. The standard InChI is InChI=1S/C16H16O4/c17-15(14-9-5-2-6-10-14)12-20-16(18)19-11-13-7-3-1-4-8-13/h1-10,15,17H,11-12H2. The van der Waals surface area contributed by atoms with Crippen molar-refractivity contribution < 1.29 is 19.4 Å². The van der Waals surface area contributed by atoms with Gasteiger partial charge >= 0.3 is 6.16 Å². The first-order valence-electron chi connectivity index (χ1n) is 6.32. The van der Waals surface area contributed by atoms with Crippen molar-refractivity contribution in [3.63, 3.8) is 0 Å². The summed E-state index contributed by atoms with van der Waals surface area (Å²) in [5.74, 6) is 0. The number of hydrogen-bond donors (Lipinski definition) is 1. The fourth-order valence-electron chi connectivity index (χ4n) is 1.68. The van der Waals surface area contributed by atoms with Gasteiger partial charge in [-0.15, -0.1) is 0 Å². The highest BCUT2D eigenvalue weighted by Gasteiger charge is 2.11. The Morgan fingerprint density at radius 2 is 1.55 bits per heavy atom. The topological polar surface area (TPSA) is 55.8 Å². The molecule has 0 bridgehead atoms. The number of ether oxygens (including phenoxy) is 2. The van der Waals surface area contributed by atoms with E-state index in [2.05, 4.69) is 0 Å². The molecular formula is C16H16O4. The highest BCUT2D eigenvalue weighted by molar-refractivity contribution is 5.59. The van der Waals surface area contributed by atoms with E-state index >= 15 is 0 Å². The Morgan fingerprint density at radius 1 is 0.950 bits per heavy atom. The second-order valence-corrected chi connectivity index (χ2v) is 4.26. The van der Waals surface area contributed by atoms with Gasteiger partial charge in [0, 0.05) is 0 Å². The molecule has 2 aromatic rings. The van der Waals surface area contributed by atoms with Crippen LogP contribution in [0.4, 0.5) is 4.79 Å². The maximum absolute atomic E-state index is 11.4. The summed E-state index contributed by atoms with van der Waals surface area (Å²) in [6.07, 6.45) is -1.63. The Kier molecular flexibility index (Phi) is 5.15. The van der Waals surface area contributed by atoms with Gasteiger partial charge in [-0.25, -0.2) is 4.79 Å². The number of carbonyl (C=O) groups excluding carboxylic acids is 1. The lowest BCUT2D eigenvalue weighted by atomic mass is 10.1. The largest absolute Gasteiger partial charge is 0.508 e. The van der Waals surface area contributed by atoms with Crippen LogP contribution in [-0.4, -0.2) is 17.9 Å². The molecule has 4 heteroatoms. The molecule has 4 nitrogen and oxygen atoms in total. The molecule has 2 rings (SSSR count). The van der Waals surface area contributed by atoms with Crippen molar-refractivity contribution in [3.8, 4) is 0 Å². The maximum Gasteiger partial charge on any atom is 0.508 e. The Bertz CT molecular complexity index is 525. The third-order valence-electron chi connectivity index (χ3n) is 2.74. The smallest absolute Gasteiger partial charge is 0.431 e. The van der Waals surface area contributed by atoms with E-state index in [0.29, 0.717) is 5.56 Å². The first-order chi connectivity index (χ1) is 9.75. The van der Waals surface area contributed by atoms with Gasteiger partial charge in [0.25, 0.3) is 0 Å². The molecule has 0 aliphatic heterocycles. The van der Waals surface area contributed by atoms with Crippen molar-refractivity contribution in [2.24, 2.45) is 0 Å². The van der Waals surface area contributed by atoms with Gasteiger partial charge in [0.05, 0.1) is 0 Å². The average Bonchev–Trinajstić information content (AvgIpc) is 2.52. The van der Waals surface area contributed by atoms with Crippen molar-refractivity contribution in [2.75, 3.05) is 6.61 Å². The average molecular weight is 272 g/mol. The lowest BCUT2D eigenvalue weighted by molar-refractivity contribution is 0.0149. The zero-order valence-electron chi connectivity index (χ0n) is 10.9. The van der Waals surface area contributed by atoms with Crippen LogP contribution in [-0.2, 0) is 16.1 Å². The first kappa shape index (κ1) is 14.1. The molecule has 0 saturated carbocycles. The summed E-state index contributed by atoms with van der Waals surface area (Å²) in [5, 5.41) is 9.82. The monoisotopic (exact) mass is 272 g/mol. The second-order valence-electron chi connectivity index (χ2n) is 4.26. The Balaban J connectivity index is 1.73. The molecule has 0 radical (unpaired) electrons. The van der Waals surface area contributed by atoms with Crippen LogP contribution in [0.1, 0.15) is 17.2 Å². The minimum Gasteiger partial charge on any atom is -0.431 e. The summed E-state index contributed by atoms with van der Waals surface area (Å²) in [6.45, 7) is 0.0265. The molecule has 1 unspecified atom stereocenters. The van der Waals surface area contributed by atoms with E-state index in [1.807, 2.05) is 48.5 Å². The van der Waals surface area contributed by atoms with Crippen LogP contribution in [0.3, 0.4) is 0 Å². The highest BCUT2D eigenvalue weighted by Crippen LogP contribution is 2.12. The second kappa shape index (κ2) is 7.31. The number of aliphatic hydroxyl groups excluding tert-OH is 1. The molecule has 0 aromatic heterocycles. The van der Waals surface area contributed by atoms with Gasteiger partial charge in [-0.05, 0) is 11.1 Å². The molecule has 0 heterocycles. The number of hydrogen-bond acceptors (Lipinski definition) is 4. The van der Waals surface area contributed by atoms with Gasteiger partial charge in [-0.2, -0.15) is 0 Å². The molecule has 104 valence electrons. The SMILES string of the molecule is O=C(OCc1ccccc1)OCC(O)c1ccccc1. The number of carbonyl (C=O) groups is 1. The Hall–Kier alpha value is -2.33. The van der Waals surface area contributed by atoms with Crippen LogP contribution in [0.2, 0.25) is 0 Å². The van der Waals surface area contributed by atoms with Crippen LogP contribution < -0.4 is 0 Å². The number of aliphatic hydroxyl groups is 1. The molecule has 0 saturated heterocycles. The van der Waals surface area contributed by atoms with E-state index in [-0.39, 0.29) is 13.2 Å². The van der Waals surface area contributed by atoms with Crippen LogP contribution in [0, 0.1) is 0 Å². The van der Waals surface area contributed by atoms with Crippen LogP contribution in [0.25, 0.3) is 0 Å². The molecule has 0 fully saturated rings. The molecule has 20 heavy (non-hydrogen) atoms. The van der Waals surface area contributed by atoms with E-state index in [1.54, 1.807) is 12.1 Å². The third kappa shape index (κ3) is 4.40. The summed E-state index contributed by atoms with van der Waals surface area (Å²) < 4.78 is 9.81. The van der Waals surface area contributed by atoms with E-state index in [0.717, 1.165) is 5.56 Å². The summed E-state index contributed by atoms with van der Waals surface area (Å²) >= 11 is 0. The zero-order valence-corrected chi connectivity index (χ0v) is 10.9. The normalized spacial score (nSPS) is 11.7. The van der Waals surface area contributed by atoms with Gasteiger partial charge in [-0.3, -0.25) is 0 Å². The van der Waals surface area contributed by atoms with Crippen molar-refractivity contribution in [3.05, 3.63) is 71.8 Å². The predicted octanol–water partition coefficient (Wildman–Crippen LogP) is 3.07. The molecule has 2 aromatic carbocycles. The van der Waals surface area contributed by atoms with Crippen LogP contribution >= 0.6 is 0 Å². The van der Waals surface area contributed by atoms with Crippen molar-refractivity contribution >= 4 is 6.16 Å². The van der Waals surface area contributed by atoms with Crippen LogP contribution in [0.5, 0.6) is 0 Å². The zero-order chi connectivity index (χ0) is 14.2. The molecule has 1 N–H and O–H groups in total. The van der Waals surface area contributed by atoms with Crippen molar-refractivity contribution in [2.45, 2.75) is 12.7 Å². The van der Waals surface area contributed by atoms with Gasteiger partial charge < -0.3 is 14.6 Å². The fraction of sp³-hybridized carbons (Fsp3) is 0.188. The van der Waals surface area contributed by atoms with E-state index in [9.17, 15) is 9.90 Å². The highest BCUT2D eigenvalue weighted by atomic mass is 16.7. The van der Waals surface area contributed by atoms with Gasteiger partial charge in [-0.1, -0.05) is 60.7 Å². The van der Waals surface area contributed by atoms with E-state index in [1.165, 1.54) is 0 Å². The number of rotatable bonds is 5. The van der Waals surface area contributed by atoms with Gasteiger partial charge in [0.1, 0.15) is 19.3 Å². The van der Waals surface area contributed by atoms with E-state index < -0.39 is 12.3 Å². The maximum atomic E-state index is 11.4. The van der Waals surface area contributed by atoms with Gasteiger partial charge in [0.15, 0.2) is 0 Å². The van der Waals surface area contributed by atoms with Crippen molar-refractivity contribution in [1.29, 1.82) is 0 Å². The van der Waals surface area contributed by atoms with E-state index in [4.69, 9.17) is 9.47 Å². The molecular weight excluding hydrogens is 256 g/mol. The first-order valence-corrected chi connectivity index (χ1v) is 6.32. The van der Waals surface area contributed by atoms with Gasteiger partial charge in [0.2, 0.25) is 0 Å². The third-order valence-corrected chi connectivity index (χ3v) is 2.74. The molecule has 0 amide bonds. The fourth-order valence-corrected chi connectivity index (χ4v) is 1.68. The molecule has 0 aliphatic rings. The molecule has 1 atom stereocenters. The predicted molar refractivity (Wildman–Crippen MR) is 74.0 cm³/mol. The minimum atomic E-state index is -0.847. The van der Waals surface area contributed by atoms with Crippen molar-refractivity contribution in [1.82, 2.24) is 0 Å². The lowest BCUT2D eigenvalue weighted by Gasteiger charge is -2.11. The summed E-state index contributed by atoms with van der Waals surface area (Å²) in [5.41, 5.74) is 1.58. The summed E-state index contributed by atoms with van der Waals surface area (Å²) in [6, 6.07) is 18.3. The minimum absolute atomic E-state index is 0.127. The molecule has 0 spiro atoms. The number of benzene rings is 2. The molecule has 0 aliphatic carbocycles.